The Labute approximate surface area is 199 Å². The van der Waals surface area contributed by atoms with Crippen molar-refractivity contribution in [2.75, 3.05) is 11.6 Å². The number of hydrogen-bond acceptors (Lipinski definition) is 6. The van der Waals surface area contributed by atoms with Gasteiger partial charge in [-0.15, -0.1) is 16.9 Å². The highest BCUT2D eigenvalue weighted by Gasteiger charge is 2.16. The molecular formula is C23H18ClN3O4S2. The molecule has 1 amide bonds. The molecule has 2 N–H and O–H groups in total. The Bertz CT molecular complexity index is 1500. The van der Waals surface area contributed by atoms with Gasteiger partial charge in [-0.3, -0.25) is 4.79 Å². The van der Waals surface area contributed by atoms with Crippen LogP contribution >= 0.6 is 23.4 Å². The zero-order valence-corrected chi connectivity index (χ0v) is 19.7. The molecule has 1 heterocycles. The first kappa shape index (κ1) is 22.9. The van der Waals surface area contributed by atoms with Crippen molar-refractivity contribution in [3.63, 3.8) is 0 Å². The minimum absolute atomic E-state index is 0.0312. The number of rotatable bonds is 6. The lowest BCUT2D eigenvalue weighted by molar-refractivity contribution is 0.102. The largest absolute Gasteiger partial charge is 0.436 e. The number of carbonyl (C=O) groups is 1. The zero-order valence-electron chi connectivity index (χ0n) is 17.3. The summed E-state index contributed by atoms with van der Waals surface area (Å²) in [5.41, 5.74) is 0.933. The van der Waals surface area contributed by atoms with Crippen LogP contribution in [0.4, 0.5) is 5.69 Å². The molecule has 0 aliphatic heterocycles. The van der Waals surface area contributed by atoms with Crippen molar-refractivity contribution in [1.29, 1.82) is 0 Å². The number of fused-ring (bicyclic) bond motifs is 1. The number of benzene rings is 3. The van der Waals surface area contributed by atoms with Crippen LogP contribution in [0.25, 0.3) is 11.0 Å². The number of hydrogen-bond donors (Lipinski definition) is 2. The molecule has 4 rings (SSSR count). The third-order valence-corrected chi connectivity index (χ3v) is 6.82. The van der Waals surface area contributed by atoms with Gasteiger partial charge < -0.3 is 9.73 Å². The van der Waals surface area contributed by atoms with Gasteiger partial charge in [-0.25, -0.2) is 0 Å². The maximum Gasteiger partial charge on any atom is 0.276 e. The Hall–Kier alpha value is -3.27. The van der Waals surface area contributed by atoms with Crippen molar-refractivity contribution < 1.29 is 17.6 Å². The first-order valence-electron chi connectivity index (χ1n) is 9.65. The number of sulfonamides is 1. The molecule has 0 bridgehead atoms. The maximum absolute atomic E-state index is 13.1. The molecule has 0 atom stereocenters. The molecular weight excluding hydrogens is 482 g/mol. The quantitative estimate of drug-likeness (QED) is 0.291. The van der Waals surface area contributed by atoms with Crippen LogP contribution in [-0.2, 0) is 10.0 Å². The number of amides is 1. The van der Waals surface area contributed by atoms with Crippen molar-refractivity contribution in [3.05, 3.63) is 95.0 Å². The SMILES string of the molecule is CSc1cccc(NC(=O)c2cc3ccccc3oc2=NNS(=O)(=O)c2ccc(Cl)cc2)c1. The average molecular weight is 500 g/mol. The molecule has 0 spiro atoms. The van der Waals surface area contributed by atoms with Crippen molar-refractivity contribution in [3.8, 4) is 0 Å². The molecule has 33 heavy (non-hydrogen) atoms. The minimum atomic E-state index is -4.01. The van der Waals surface area contributed by atoms with Gasteiger partial charge >= 0.3 is 0 Å². The summed E-state index contributed by atoms with van der Waals surface area (Å²) in [7, 11) is -4.01. The number of carbonyl (C=O) groups excluding carboxylic acids is 1. The predicted molar refractivity (Wildman–Crippen MR) is 130 cm³/mol. The first-order chi connectivity index (χ1) is 15.9. The number of nitrogens with zero attached hydrogens (tertiary/aromatic N) is 1. The van der Waals surface area contributed by atoms with Crippen molar-refractivity contribution in [2.24, 2.45) is 5.10 Å². The summed E-state index contributed by atoms with van der Waals surface area (Å²) in [6.07, 6.45) is 1.94. The molecule has 0 saturated heterocycles. The van der Waals surface area contributed by atoms with Gasteiger partial charge in [0.15, 0.2) is 0 Å². The van der Waals surface area contributed by atoms with E-state index >= 15 is 0 Å². The molecule has 0 aliphatic carbocycles. The average Bonchev–Trinajstić information content (AvgIpc) is 2.82. The molecule has 0 saturated carbocycles. The Balaban J connectivity index is 1.74. The summed E-state index contributed by atoms with van der Waals surface area (Å²) >= 11 is 7.38. The Morgan fingerprint density at radius 2 is 1.76 bits per heavy atom. The van der Waals surface area contributed by atoms with Crippen molar-refractivity contribution in [2.45, 2.75) is 9.79 Å². The summed E-state index contributed by atoms with van der Waals surface area (Å²) in [6, 6.07) is 21.6. The fourth-order valence-electron chi connectivity index (χ4n) is 2.98. The van der Waals surface area contributed by atoms with E-state index in [0.717, 1.165) is 4.90 Å². The van der Waals surface area contributed by atoms with Crippen LogP contribution in [0, 0.1) is 0 Å². The van der Waals surface area contributed by atoms with E-state index in [1.165, 1.54) is 24.3 Å². The van der Waals surface area contributed by atoms with Gasteiger partial charge in [0.2, 0.25) is 5.55 Å². The first-order valence-corrected chi connectivity index (χ1v) is 12.7. The lowest BCUT2D eigenvalue weighted by atomic mass is 10.1. The van der Waals surface area contributed by atoms with Gasteiger partial charge in [0.25, 0.3) is 15.9 Å². The summed E-state index contributed by atoms with van der Waals surface area (Å²) in [4.78, 5) is 16.2. The van der Waals surface area contributed by atoms with Gasteiger partial charge in [-0.05, 0) is 60.9 Å². The molecule has 1 aromatic heterocycles. The summed E-state index contributed by atoms with van der Waals surface area (Å²) in [6.45, 7) is 0. The number of nitrogens with one attached hydrogen (secondary N) is 2. The zero-order chi connectivity index (χ0) is 23.4. The number of anilines is 1. The minimum Gasteiger partial charge on any atom is -0.436 e. The summed E-state index contributed by atoms with van der Waals surface area (Å²) < 4.78 is 31.0. The normalized spacial score (nSPS) is 12.0. The monoisotopic (exact) mass is 499 g/mol. The van der Waals surface area contributed by atoms with E-state index in [4.69, 9.17) is 16.0 Å². The predicted octanol–water partition coefficient (Wildman–Crippen LogP) is 4.85. The van der Waals surface area contributed by atoms with E-state index in [1.54, 1.807) is 42.1 Å². The Morgan fingerprint density at radius 3 is 2.52 bits per heavy atom. The molecule has 0 radical (unpaired) electrons. The molecule has 10 heteroatoms. The summed E-state index contributed by atoms with van der Waals surface area (Å²) in [5, 5.41) is 7.80. The van der Waals surface area contributed by atoms with Gasteiger partial charge in [0.05, 0.1) is 4.90 Å². The van der Waals surface area contributed by atoms with Gasteiger partial charge in [0.1, 0.15) is 11.1 Å². The Morgan fingerprint density at radius 1 is 1.00 bits per heavy atom. The molecule has 0 aliphatic rings. The molecule has 3 aromatic carbocycles. The van der Waals surface area contributed by atoms with Crippen LogP contribution < -0.4 is 15.7 Å². The van der Waals surface area contributed by atoms with E-state index in [0.29, 0.717) is 21.7 Å². The smallest absolute Gasteiger partial charge is 0.276 e. The molecule has 0 unspecified atom stereocenters. The molecule has 4 aromatic rings. The third-order valence-electron chi connectivity index (χ3n) is 4.62. The van der Waals surface area contributed by atoms with Crippen molar-refractivity contribution in [1.82, 2.24) is 4.83 Å². The van der Waals surface area contributed by atoms with Crippen LogP contribution in [0.1, 0.15) is 10.4 Å². The van der Waals surface area contributed by atoms with E-state index in [9.17, 15) is 13.2 Å². The molecule has 7 nitrogen and oxygen atoms in total. The highest BCUT2D eigenvalue weighted by atomic mass is 35.5. The van der Waals surface area contributed by atoms with Crippen LogP contribution in [0.3, 0.4) is 0 Å². The molecule has 0 fully saturated rings. The standard InChI is InChI=1S/C23H18ClN3O4S2/c1-32-18-7-4-6-17(14-18)25-22(28)20-13-15-5-2-3-8-21(15)31-23(20)26-27-33(29,30)19-11-9-16(24)10-12-19/h2-14,27H,1H3,(H,25,28). The lowest BCUT2D eigenvalue weighted by Gasteiger charge is -2.08. The number of para-hydroxylation sites is 1. The third kappa shape index (κ3) is 5.39. The second kappa shape index (κ2) is 9.70. The maximum atomic E-state index is 13.1. The van der Waals surface area contributed by atoms with Crippen LogP contribution in [0.2, 0.25) is 5.02 Å². The van der Waals surface area contributed by atoms with E-state index in [-0.39, 0.29) is 16.0 Å². The van der Waals surface area contributed by atoms with E-state index in [2.05, 4.69) is 15.2 Å². The highest BCUT2D eigenvalue weighted by Crippen LogP contribution is 2.20. The lowest BCUT2D eigenvalue weighted by Crippen LogP contribution is -2.27. The van der Waals surface area contributed by atoms with Crippen LogP contribution in [-0.4, -0.2) is 20.6 Å². The van der Waals surface area contributed by atoms with Crippen LogP contribution in [0.5, 0.6) is 0 Å². The van der Waals surface area contributed by atoms with Gasteiger partial charge in [0, 0.05) is 21.0 Å². The highest BCUT2D eigenvalue weighted by molar-refractivity contribution is 7.98. The van der Waals surface area contributed by atoms with Crippen LogP contribution in [0.15, 0.2) is 98.2 Å². The fraction of sp³-hybridized carbons (Fsp3) is 0.0435. The topological polar surface area (TPSA) is 101 Å². The van der Waals surface area contributed by atoms with E-state index < -0.39 is 15.9 Å². The number of thioether (sulfide) groups is 1. The number of halogens is 1. The van der Waals surface area contributed by atoms with Gasteiger partial charge in [-0.1, -0.05) is 35.9 Å². The second-order valence-corrected chi connectivity index (χ2v) is 9.83. The molecule has 168 valence electrons. The second-order valence-electron chi connectivity index (χ2n) is 6.85. The summed E-state index contributed by atoms with van der Waals surface area (Å²) in [5.74, 6) is -0.493. The Kier molecular flexibility index (Phi) is 6.73. The fourth-order valence-corrected chi connectivity index (χ4v) is 4.37. The van der Waals surface area contributed by atoms with Gasteiger partial charge in [-0.2, -0.15) is 13.2 Å². The van der Waals surface area contributed by atoms with E-state index in [1.807, 2.05) is 30.5 Å². The van der Waals surface area contributed by atoms with Crippen molar-refractivity contribution >= 4 is 55.9 Å².